The van der Waals surface area contributed by atoms with Gasteiger partial charge in [-0.05, 0) is 51.0 Å². The number of nitrogens with zero attached hydrogens (tertiary/aromatic N) is 3. The summed E-state index contributed by atoms with van der Waals surface area (Å²) in [5, 5.41) is 8.34. The number of carbonyl (C=O) groups excluding carboxylic acids is 1. The number of rotatable bonds is 3. The van der Waals surface area contributed by atoms with Gasteiger partial charge in [-0.15, -0.1) is 0 Å². The van der Waals surface area contributed by atoms with Crippen molar-refractivity contribution in [1.29, 1.82) is 0 Å². The Morgan fingerprint density at radius 2 is 2.05 bits per heavy atom. The molecule has 2 fully saturated rings. The van der Waals surface area contributed by atoms with E-state index in [1.165, 1.54) is 6.42 Å². The van der Waals surface area contributed by atoms with Crippen LogP contribution in [-0.4, -0.2) is 20.7 Å². The molecule has 0 aliphatic heterocycles. The van der Waals surface area contributed by atoms with Crippen molar-refractivity contribution in [2.75, 3.05) is 5.32 Å². The molecule has 1 amide bonds. The second kappa shape index (κ2) is 4.55. The van der Waals surface area contributed by atoms with Gasteiger partial charge in [0.05, 0.1) is 18.1 Å². The number of aromatic nitrogens is 3. The SMILES string of the molecule is CC(C)n1ncc2cc(NC(=O)C3CC4CC4C3)cnc21. The lowest BCUT2D eigenvalue weighted by molar-refractivity contribution is -0.120. The van der Waals surface area contributed by atoms with E-state index in [1.54, 1.807) is 6.20 Å². The molecular formula is C16H20N4O. The highest BCUT2D eigenvalue weighted by atomic mass is 16.1. The van der Waals surface area contributed by atoms with Gasteiger partial charge in [-0.25, -0.2) is 9.67 Å². The smallest absolute Gasteiger partial charge is 0.227 e. The largest absolute Gasteiger partial charge is 0.324 e. The van der Waals surface area contributed by atoms with Crippen molar-refractivity contribution in [1.82, 2.24) is 14.8 Å². The molecule has 0 spiro atoms. The fraction of sp³-hybridized carbons (Fsp3) is 0.562. The number of carbonyl (C=O) groups is 1. The minimum atomic E-state index is 0.152. The summed E-state index contributed by atoms with van der Waals surface area (Å²) in [5.41, 5.74) is 1.64. The fourth-order valence-corrected chi connectivity index (χ4v) is 3.56. The number of pyridine rings is 1. The molecule has 0 bridgehead atoms. The van der Waals surface area contributed by atoms with E-state index in [9.17, 15) is 4.79 Å². The van der Waals surface area contributed by atoms with Gasteiger partial charge in [0, 0.05) is 17.3 Å². The van der Waals surface area contributed by atoms with Crippen LogP contribution in [0.2, 0.25) is 0 Å². The highest BCUT2D eigenvalue weighted by Gasteiger charge is 2.47. The average Bonchev–Trinajstić information content (AvgIpc) is 2.88. The zero-order valence-corrected chi connectivity index (χ0v) is 12.4. The van der Waals surface area contributed by atoms with E-state index in [-0.39, 0.29) is 17.9 Å². The Balaban J connectivity index is 1.52. The number of fused-ring (bicyclic) bond motifs is 2. The molecule has 2 aliphatic carbocycles. The third kappa shape index (κ3) is 2.20. The second-order valence-electron chi connectivity index (χ2n) is 6.73. The summed E-state index contributed by atoms with van der Waals surface area (Å²) in [4.78, 5) is 16.7. The molecule has 0 saturated heterocycles. The van der Waals surface area contributed by atoms with E-state index in [0.717, 1.165) is 41.4 Å². The molecule has 2 aliphatic rings. The predicted molar refractivity (Wildman–Crippen MR) is 80.9 cm³/mol. The van der Waals surface area contributed by atoms with Crippen molar-refractivity contribution in [2.45, 2.75) is 39.2 Å². The van der Waals surface area contributed by atoms with Gasteiger partial charge in [-0.1, -0.05) is 0 Å². The fourth-order valence-electron chi connectivity index (χ4n) is 3.56. The van der Waals surface area contributed by atoms with E-state index in [2.05, 4.69) is 29.2 Å². The monoisotopic (exact) mass is 284 g/mol. The summed E-state index contributed by atoms with van der Waals surface area (Å²) in [5.74, 6) is 2.00. The van der Waals surface area contributed by atoms with Crippen LogP contribution in [0.25, 0.3) is 11.0 Å². The summed E-state index contributed by atoms with van der Waals surface area (Å²) in [6, 6.07) is 2.24. The van der Waals surface area contributed by atoms with Gasteiger partial charge in [-0.2, -0.15) is 5.10 Å². The Morgan fingerprint density at radius 3 is 2.76 bits per heavy atom. The molecule has 2 heterocycles. The van der Waals surface area contributed by atoms with Gasteiger partial charge >= 0.3 is 0 Å². The normalized spacial score (nSPS) is 27.1. The summed E-state index contributed by atoms with van der Waals surface area (Å²) < 4.78 is 1.89. The average molecular weight is 284 g/mol. The standard InChI is InChI=1S/C16H20N4O/c1-9(2)20-15-13(7-18-20)6-14(8-17-15)19-16(21)12-4-10-3-11(10)5-12/h6-12H,3-5H2,1-2H3,(H,19,21). The van der Waals surface area contributed by atoms with Crippen LogP contribution in [0.5, 0.6) is 0 Å². The maximum atomic E-state index is 12.3. The minimum absolute atomic E-state index is 0.152. The Kier molecular flexibility index (Phi) is 2.77. The first-order valence-corrected chi connectivity index (χ1v) is 7.76. The summed E-state index contributed by atoms with van der Waals surface area (Å²) in [6.07, 6.45) is 7.01. The molecule has 2 atom stereocenters. The van der Waals surface area contributed by atoms with Gasteiger partial charge in [0.2, 0.25) is 5.91 Å². The van der Waals surface area contributed by atoms with Crippen LogP contribution in [0.3, 0.4) is 0 Å². The van der Waals surface area contributed by atoms with Crippen LogP contribution >= 0.6 is 0 Å². The lowest BCUT2D eigenvalue weighted by atomic mass is 10.0. The van der Waals surface area contributed by atoms with Crippen molar-refractivity contribution >= 4 is 22.6 Å². The summed E-state index contributed by atoms with van der Waals surface area (Å²) in [7, 11) is 0. The first kappa shape index (κ1) is 12.8. The first-order valence-electron chi connectivity index (χ1n) is 7.76. The zero-order valence-electron chi connectivity index (χ0n) is 12.4. The molecule has 110 valence electrons. The number of amides is 1. The molecule has 5 heteroatoms. The van der Waals surface area contributed by atoms with Crippen molar-refractivity contribution < 1.29 is 4.79 Å². The maximum absolute atomic E-state index is 12.3. The first-order chi connectivity index (χ1) is 10.1. The Morgan fingerprint density at radius 1 is 1.29 bits per heavy atom. The molecule has 2 aromatic heterocycles. The van der Waals surface area contributed by atoms with E-state index < -0.39 is 0 Å². The summed E-state index contributed by atoms with van der Waals surface area (Å²) in [6.45, 7) is 4.16. The number of nitrogens with one attached hydrogen (secondary N) is 1. The zero-order chi connectivity index (χ0) is 14.6. The Hall–Kier alpha value is -1.91. The molecule has 2 aromatic rings. The topological polar surface area (TPSA) is 59.8 Å². The van der Waals surface area contributed by atoms with Crippen molar-refractivity contribution in [3.63, 3.8) is 0 Å². The van der Waals surface area contributed by atoms with Gasteiger partial charge in [0.25, 0.3) is 0 Å². The molecule has 2 unspecified atom stereocenters. The van der Waals surface area contributed by atoms with Crippen molar-refractivity contribution in [3.8, 4) is 0 Å². The lowest BCUT2D eigenvalue weighted by Gasteiger charge is -2.12. The van der Waals surface area contributed by atoms with Crippen molar-refractivity contribution in [3.05, 3.63) is 18.5 Å². The second-order valence-corrected chi connectivity index (χ2v) is 6.73. The molecule has 0 radical (unpaired) electrons. The highest BCUT2D eigenvalue weighted by Crippen LogP contribution is 2.54. The van der Waals surface area contributed by atoms with E-state index in [4.69, 9.17) is 0 Å². The van der Waals surface area contributed by atoms with Gasteiger partial charge in [-0.3, -0.25) is 4.79 Å². The highest BCUT2D eigenvalue weighted by molar-refractivity contribution is 5.94. The summed E-state index contributed by atoms with van der Waals surface area (Å²) >= 11 is 0. The number of anilines is 1. The van der Waals surface area contributed by atoms with Crippen LogP contribution in [0, 0.1) is 17.8 Å². The van der Waals surface area contributed by atoms with Crippen LogP contribution in [0.15, 0.2) is 18.5 Å². The lowest BCUT2D eigenvalue weighted by Crippen LogP contribution is -2.21. The molecule has 21 heavy (non-hydrogen) atoms. The van der Waals surface area contributed by atoms with Crippen LogP contribution in [0.4, 0.5) is 5.69 Å². The Labute approximate surface area is 123 Å². The van der Waals surface area contributed by atoms with Crippen molar-refractivity contribution in [2.24, 2.45) is 17.8 Å². The predicted octanol–water partition coefficient (Wildman–Crippen LogP) is 3.00. The van der Waals surface area contributed by atoms with E-state index in [0.29, 0.717) is 0 Å². The third-order valence-corrected chi connectivity index (χ3v) is 4.80. The maximum Gasteiger partial charge on any atom is 0.227 e. The molecular weight excluding hydrogens is 264 g/mol. The van der Waals surface area contributed by atoms with Gasteiger partial charge < -0.3 is 5.32 Å². The number of hydrogen-bond donors (Lipinski definition) is 1. The minimum Gasteiger partial charge on any atom is -0.324 e. The third-order valence-electron chi connectivity index (χ3n) is 4.80. The molecule has 1 N–H and O–H groups in total. The number of hydrogen-bond acceptors (Lipinski definition) is 3. The van der Waals surface area contributed by atoms with Crippen LogP contribution in [0.1, 0.15) is 39.2 Å². The van der Waals surface area contributed by atoms with Gasteiger partial charge in [0.15, 0.2) is 5.65 Å². The Bertz CT molecular complexity index is 695. The molecule has 5 nitrogen and oxygen atoms in total. The molecule has 2 saturated carbocycles. The van der Waals surface area contributed by atoms with E-state index in [1.807, 2.05) is 16.9 Å². The van der Waals surface area contributed by atoms with E-state index >= 15 is 0 Å². The quantitative estimate of drug-likeness (QED) is 0.942. The van der Waals surface area contributed by atoms with Gasteiger partial charge in [0.1, 0.15) is 0 Å². The molecule has 0 aromatic carbocycles. The molecule has 4 rings (SSSR count). The van der Waals surface area contributed by atoms with Crippen LogP contribution in [-0.2, 0) is 4.79 Å². The van der Waals surface area contributed by atoms with Crippen LogP contribution < -0.4 is 5.32 Å².